The van der Waals surface area contributed by atoms with Crippen molar-refractivity contribution in [2.75, 3.05) is 37.0 Å². The summed E-state index contributed by atoms with van der Waals surface area (Å²) in [7, 11) is -1.68. The summed E-state index contributed by atoms with van der Waals surface area (Å²) in [6.07, 6.45) is 0. The van der Waals surface area contributed by atoms with Gasteiger partial charge in [-0.25, -0.2) is 23.2 Å². The number of sulfone groups is 1. The third-order valence-corrected chi connectivity index (χ3v) is 6.50. The first-order chi connectivity index (χ1) is 13.9. The van der Waals surface area contributed by atoms with Gasteiger partial charge in [-0.1, -0.05) is 0 Å². The number of benzene rings is 1. The summed E-state index contributed by atoms with van der Waals surface area (Å²) in [6.45, 7) is 3.83. The van der Waals surface area contributed by atoms with Crippen LogP contribution in [0.4, 0.5) is 16.3 Å². The molecule has 2 amide bonds. The van der Waals surface area contributed by atoms with Crippen molar-refractivity contribution in [1.29, 1.82) is 0 Å². The number of ether oxygens (including phenoxy) is 1. The Morgan fingerprint density at radius 1 is 1.21 bits per heavy atom. The van der Waals surface area contributed by atoms with E-state index in [0.717, 1.165) is 5.56 Å². The molecule has 2 aliphatic rings. The fourth-order valence-electron chi connectivity index (χ4n) is 3.57. The van der Waals surface area contributed by atoms with Crippen LogP contribution in [0.3, 0.4) is 0 Å². The Bertz CT molecular complexity index is 1040. The molecule has 1 aromatic heterocycles. The fraction of sp³-hybridized carbons (Fsp3) is 0.421. The van der Waals surface area contributed by atoms with E-state index in [4.69, 9.17) is 9.72 Å². The SMILES string of the molecule is CNC(=O)Nc1ccc(-c2nc3c(c(N4CCOC[C@@H]4C)n2)CS(=O)(=O)C3)cc1. The van der Waals surface area contributed by atoms with Gasteiger partial charge in [-0.2, -0.15) is 0 Å². The van der Waals surface area contributed by atoms with E-state index < -0.39 is 9.84 Å². The number of hydrogen-bond donors (Lipinski definition) is 2. The molecule has 4 rings (SSSR count). The number of urea groups is 1. The Morgan fingerprint density at radius 2 is 1.97 bits per heavy atom. The van der Waals surface area contributed by atoms with Crippen molar-refractivity contribution in [3.63, 3.8) is 0 Å². The quantitative estimate of drug-likeness (QED) is 0.779. The molecule has 1 atom stereocenters. The monoisotopic (exact) mass is 417 g/mol. The number of hydrogen-bond acceptors (Lipinski definition) is 7. The number of anilines is 2. The topological polar surface area (TPSA) is 114 Å². The maximum absolute atomic E-state index is 12.3. The average molecular weight is 417 g/mol. The summed E-state index contributed by atoms with van der Waals surface area (Å²) in [5, 5.41) is 5.20. The van der Waals surface area contributed by atoms with Crippen LogP contribution in [0.1, 0.15) is 18.2 Å². The number of rotatable bonds is 3. The van der Waals surface area contributed by atoms with Crippen molar-refractivity contribution >= 4 is 27.4 Å². The van der Waals surface area contributed by atoms with Gasteiger partial charge in [-0.05, 0) is 31.2 Å². The largest absolute Gasteiger partial charge is 0.377 e. The molecule has 10 heteroatoms. The average Bonchev–Trinajstić information content (AvgIpc) is 3.02. The van der Waals surface area contributed by atoms with Gasteiger partial charge in [0.1, 0.15) is 5.82 Å². The minimum Gasteiger partial charge on any atom is -0.377 e. The molecule has 0 saturated carbocycles. The molecule has 0 spiro atoms. The zero-order valence-electron chi connectivity index (χ0n) is 16.3. The van der Waals surface area contributed by atoms with Gasteiger partial charge >= 0.3 is 6.03 Å². The predicted octanol–water partition coefficient (Wildman–Crippen LogP) is 1.55. The third-order valence-electron chi connectivity index (χ3n) is 5.06. The van der Waals surface area contributed by atoms with E-state index in [1.165, 1.54) is 0 Å². The molecule has 29 heavy (non-hydrogen) atoms. The summed E-state index contributed by atoms with van der Waals surface area (Å²) in [5.41, 5.74) is 2.65. The molecular weight excluding hydrogens is 394 g/mol. The minimum atomic E-state index is -3.22. The molecule has 154 valence electrons. The Hall–Kier alpha value is -2.72. The first-order valence-electron chi connectivity index (χ1n) is 9.40. The van der Waals surface area contributed by atoms with Crippen LogP contribution in [0.5, 0.6) is 0 Å². The molecule has 1 fully saturated rings. The molecule has 3 heterocycles. The molecule has 0 radical (unpaired) electrons. The number of carbonyl (C=O) groups excluding carboxylic acids is 1. The summed E-state index contributed by atoms with van der Waals surface area (Å²) >= 11 is 0. The Balaban J connectivity index is 1.73. The van der Waals surface area contributed by atoms with E-state index in [2.05, 4.69) is 20.5 Å². The van der Waals surface area contributed by atoms with Crippen LogP contribution in [0, 0.1) is 0 Å². The minimum absolute atomic E-state index is 0.0307. The van der Waals surface area contributed by atoms with Gasteiger partial charge in [-0.15, -0.1) is 0 Å². The van der Waals surface area contributed by atoms with Crippen molar-refractivity contribution in [1.82, 2.24) is 15.3 Å². The lowest BCUT2D eigenvalue weighted by Crippen LogP contribution is -2.44. The number of amides is 2. The second-order valence-electron chi connectivity index (χ2n) is 7.23. The van der Waals surface area contributed by atoms with Crippen LogP contribution in [0.2, 0.25) is 0 Å². The zero-order valence-corrected chi connectivity index (χ0v) is 17.1. The van der Waals surface area contributed by atoms with Gasteiger partial charge in [0.05, 0.1) is 36.5 Å². The number of nitrogens with one attached hydrogen (secondary N) is 2. The molecule has 0 unspecified atom stereocenters. The number of nitrogens with zero attached hydrogens (tertiary/aromatic N) is 3. The molecule has 2 N–H and O–H groups in total. The van der Waals surface area contributed by atoms with E-state index >= 15 is 0 Å². The maximum Gasteiger partial charge on any atom is 0.318 e. The number of carbonyl (C=O) groups is 1. The number of morpholine rings is 1. The lowest BCUT2D eigenvalue weighted by atomic mass is 10.1. The Morgan fingerprint density at radius 3 is 2.66 bits per heavy atom. The van der Waals surface area contributed by atoms with Crippen LogP contribution < -0.4 is 15.5 Å². The van der Waals surface area contributed by atoms with E-state index in [-0.39, 0.29) is 23.6 Å². The second kappa shape index (κ2) is 7.60. The summed E-state index contributed by atoms with van der Waals surface area (Å²) in [4.78, 5) is 22.9. The summed E-state index contributed by atoms with van der Waals surface area (Å²) < 4.78 is 30.1. The normalized spacial score (nSPS) is 20.2. The van der Waals surface area contributed by atoms with Crippen LogP contribution in [0.15, 0.2) is 24.3 Å². The molecular formula is C19H23N5O4S. The van der Waals surface area contributed by atoms with Crippen molar-refractivity contribution in [2.45, 2.75) is 24.5 Å². The Labute approximate surface area is 169 Å². The molecule has 0 bridgehead atoms. The van der Waals surface area contributed by atoms with E-state index in [1.54, 1.807) is 19.2 Å². The highest BCUT2D eigenvalue weighted by Gasteiger charge is 2.34. The summed E-state index contributed by atoms with van der Waals surface area (Å²) in [5.74, 6) is 1.05. The van der Waals surface area contributed by atoms with Crippen molar-refractivity contribution in [3.8, 4) is 11.4 Å². The van der Waals surface area contributed by atoms with Crippen molar-refractivity contribution in [3.05, 3.63) is 35.5 Å². The third kappa shape index (κ3) is 4.03. The van der Waals surface area contributed by atoms with Crippen LogP contribution in [-0.2, 0) is 26.1 Å². The van der Waals surface area contributed by atoms with E-state index in [9.17, 15) is 13.2 Å². The molecule has 9 nitrogen and oxygen atoms in total. The lowest BCUT2D eigenvalue weighted by molar-refractivity contribution is 0.0984. The first kappa shape index (κ1) is 19.6. The maximum atomic E-state index is 12.3. The van der Waals surface area contributed by atoms with E-state index in [0.29, 0.717) is 48.3 Å². The fourth-order valence-corrected chi connectivity index (χ4v) is 5.06. The Kier molecular flexibility index (Phi) is 5.13. The van der Waals surface area contributed by atoms with Gasteiger partial charge in [0, 0.05) is 30.4 Å². The van der Waals surface area contributed by atoms with Crippen molar-refractivity contribution < 1.29 is 17.9 Å². The van der Waals surface area contributed by atoms with Gasteiger partial charge in [0.15, 0.2) is 15.7 Å². The number of aromatic nitrogens is 2. The number of fused-ring (bicyclic) bond motifs is 1. The summed E-state index contributed by atoms with van der Waals surface area (Å²) in [6, 6.07) is 6.92. The van der Waals surface area contributed by atoms with Crippen LogP contribution in [0.25, 0.3) is 11.4 Å². The standard InChI is InChI=1S/C19H23N5O4S/c1-12-9-28-8-7-24(12)18-15-10-29(26,27)11-16(15)22-17(23-18)13-3-5-14(6-4-13)21-19(25)20-2/h3-6,12H,7-11H2,1-2H3,(H2,20,21,25)/t12-/m0/s1. The van der Waals surface area contributed by atoms with Gasteiger partial charge in [-0.3, -0.25) is 0 Å². The smallest absolute Gasteiger partial charge is 0.318 e. The van der Waals surface area contributed by atoms with Crippen molar-refractivity contribution in [2.24, 2.45) is 0 Å². The molecule has 2 aliphatic heterocycles. The molecule has 2 aromatic rings. The second-order valence-corrected chi connectivity index (χ2v) is 9.29. The zero-order chi connectivity index (χ0) is 20.6. The molecule has 1 aromatic carbocycles. The van der Waals surface area contributed by atoms with Gasteiger partial charge in [0.25, 0.3) is 0 Å². The lowest BCUT2D eigenvalue weighted by Gasteiger charge is -2.35. The highest BCUT2D eigenvalue weighted by Crippen LogP contribution is 2.34. The molecule has 1 saturated heterocycles. The van der Waals surface area contributed by atoms with Crippen LogP contribution >= 0.6 is 0 Å². The predicted molar refractivity (Wildman–Crippen MR) is 110 cm³/mol. The first-order valence-corrected chi connectivity index (χ1v) is 11.2. The molecule has 0 aliphatic carbocycles. The van der Waals surface area contributed by atoms with E-state index in [1.807, 2.05) is 19.1 Å². The van der Waals surface area contributed by atoms with Crippen LogP contribution in [-0.4, -0.2) is 57.3 Å². The highest BCUT2D eigenvalue weighted by atomic mass is 32.2. The highest BCUT2D eigenvalue weighted by molar-refractivity contribution is 7.90. The van der Waals surface area contributed by atoms with Gasteiger partial charge < -0.3 is 20.3 Å². The van der Waals surface area contributed by atoms with Gasteiger partial charge in [0.2, 0.25) is 0 Å².